The monoisotopic (exact) mass is 227 g/mol. The molecule has 0 aromatic carbocycles. The Bertz CT molecular complexity index is 311. The fourth-order valence-corrected chi connectivity index (χ4v) is 1.66. The van der Waals surface area contributed by atoms with E-state index in [-0.39, 0.29) is 0 Å². The van der Waals surface area contributed by atoms with Crippen LogP contribution in [-0.4, -0.2) is 25.1 Å². The zero-order valence-corrected chi connectivity index (χ0v) is 10.3. The number of aromatic nitrogens is 1. The molecule has 3 nitrogen and oxygen atoms in total. The van der Waals surface area contributed by atoms with Crippen molar-refractivity contribution in [2.45, 2.75) is 20.4 Å². The molecule has 0 unspecified atom stereocenters. The van der Waals surface area contributed by atoms with Crippen LogP contribution in [0.3, 0.4) is 0 Å². The smallest absolute Gasteiger partial charge is 0.128 e. The van der Waals surface area contributed by atoms with Crippen molar-refractivity contribution in [1.82, 2.24) is 10.3 Å². The fraction of sp³-hybridized carbons (Fsp3) is 0.545. The molecule has 1 heterocycles. The summed E-state index contributed by atoms with van der Waals surface area (Å²) in [5.41, 5.74) is 0.906. The van der Waals surface area contributed by atoms with Gasteiger partial charge in [0.2, 0.25) is 0 Å². The van der Waals surface area contributed by atoms with Gasteiger partial charge in [-0.3, -0.25) is 0 Å². The van der Waals surface area contributed by atoms with Crippen molar-refractivity contribution in [2.24, 2.45) is 0 Å². The molecule has 0 saturated carbocycles. The summed E-state index contributed by atoms with van der Waals surface area (Å²) in [6.07, 6.45) is 0. The van der Waals surface area contributed by atoms with Crippen LogP contribution in [0.15, 0.2) is 12.1 Å². The lowest BCUT2D eigenvalue weighted by Gasteiger charge is -2.20. The third-order valence-corrected chi connectivity index (χ3v) is 2.68. The first kappa shape index (κ1) is 12.3. The minimum Gasteiger partial charge on any atom is -0.357 e. The molecule has 1 aromatic rings. The van der Waals surface area contributed by atoms with Crippen molar-refractivity contribution in [3.05, 3.63) is 22.8 Å². The summed E-state index contributed by atoms with van der Waals surface area (Å²) in [6, 6.07) is 3.88. The Labute approximate surface area is 96.5 Å². The second-order valence-electron chi connectivity index (χ2n) is 3.30. The van der Waals surface area contributed by atoms with Gasteiger partial charge in [0.1, 0.15) is 5.82 Å². The molecular formula is C11H18ClN3. The quantitative estimate of drug-likeness (QED) is 0.837. The van der Waals surface area contributed by atoms with Gasteiger partial charge in [-0.15, -0.1) is 0 Å². The Balaban J connectivity index is 2.95. The van der Waals surface area contributed by atoms with Crippen LogP contribution < -0.4 is 10.2 Å². The topological polar surface area (TPSA) is 28.2 Å². The minimum absolute atomic E-state index is 0.702. The highest BCUT2D eigenvalue weighted by atomic mass is 35.5. The Morgan fingerprint density at radius 3 is 2.53 bits per heavy atom. The molecule has 0 saturated heterocycles. The van der Waals surface area contributed by atoms with E-state index in [9.17, 15) is 0 Å². The van der Waals surface area contributed by atoms with E-state index >= 15 is 0 Å². The van der Waals surface area contributed by atoms with E-state index in [0.717, 1.165) is 29.6 Å². The Hall–Kier alpha value is -0.800. The molecule has 15 heavy (non-hydrogen) atoms. The van der Waals surface area contributed by atoms with Crippen LogP contribution in [0.2, 0.25) is 5.02 Å². The van der Waals surface area contributed by atoms with Crippen LogP contribution >= 0.6 is 11.6 Å². The van der Waals surface area contributed by atoms with Gasteiger partial charge in [0.05, 0.1) is 10.7 Å². The molecule has 4 heteroatoms. The fourth-order valence-electron chi connectivity index (χ4n) is 1.49. The first-order valence-electron chi connectivity index (χ1n) is 5.27. The predicted octanol–water partition coefficient (Wildman–Crippen LogP) is 2.30. The van der Waals surface area contributed by atoms with Crippen LogP contribution in [-0.2, 0) is 6.54 Å². The molecule has 0 bridgehead atoms. The van der Waals surface area contributed by atoms with Gasteiger partial charge in [0.25, 0.3) is 0 Å². The lowest BCUT2D eigenvalue weighted by atomic mass is 10.3. The zero-order chi connectivity index (χ0) is 11.3. The normalized spacial score (nSPS) is 10.4. The average Bonchev–Trinajstić information content (AvgIpc) is 2.25. The highest BCUT2D eigenvalue weighted by Crippen LogP contribution is 2.18. The summed E-state index contributed by atoms with van der Waals surface area (Å²) >= 11 is 6.05. The predicted molar refractivity (Wildman–Crippen MR) is 65.6 cm³/mol. The van der Waals surface area contributed by atoms with Gasteiger partial charge in [-0.1, -0.05) is 11.6 Å². The van der Waals surface area contributed by atoms with Crippen LogP contribution in [0.4, 0.5) is 5.82 Å². The molecule has 0 radical (unpaired) electrons. The lowest BCUT2D eigenvalue weighted by molar-refractivity contribution is 0.777. The Morgan fingerprint density at radius 1 is 1.33 bits per heavy atom. The molecule has 0 atom stereocenters. The summed E-state index contributed by atoms with van der Waals surface area (Å²) in [6.45, 7) is 6.87. The van der Waals surface area contributed by atoms with Crippen molar-refractivity contribution in [1.29, 1.82) is 0 Å². The maximum atomic E-state index is 6.05. The molecule has 0 fully saturated rings. The second-order valence-corrected chi connectivity index (χ2v) is 3.71. The Kier molecular flexibility index (Phi) is 4.85. The van der Waals surface area contributed by atoms with E-state index in [1.54, 1.807) is 0 Å². The molecule has 0 aliphatic heterocycles. The third kappa shape index (κ3) is 3.08. The molecule has 0 aliphatic rings. The van der Waals surface area contributed by atoms with E-state index in [2.05, 4.69) is 29.0 Å². The number of nitrogens with one attached hydrogen (secondary N) is 1. The van der Waals surface area contributed by atoms with Gasteiger partial charge in [-0.25, -0.2) is 4.98 Å². The highest BCUT2D eigenvalue weighted by molar-refractivity contribution is 6.31. The van der Waals surface area contributed by atoms with Crippen molar-refractivity contribution < 1.29 is 0 Å². The number of nitrogens with zero attached hydrogens (tertiary/aromatic N) is 2. The number of rotatable bonds is 5. The zero-order valence-electron chi connectivity index (χ0n) is 9.55. The standard InChI is InChI=1S/C11H18ClN3/c1-4-15(5-2)11-7-6-9(12)10(14-11)8-13-3/h6-7,13H,4-5,8H2,1-3H3. The SMILES string of the molecule is CCN(CC)c1ccc(Cl)c(CNC)n1. The second kappa shape index (κ2) is 5.93. The van der Waals surface area contributed by atoms with Crippen LogP contribution in [0.25, 0.3) is 0 Å². The van der Waals surface area contributed by atoms with Crippen LogP contribution in [0.1, 0.15) is 19.5 Å². The molecule has 0 spiro atoms. The van der Waals surface area contributed by atoms with E-state index in [1.807, 2.05) is 19.2 Å². The number of anilines is 1. The number of halogens is 1. The average molecular weight is 228 g/mol. The molecule has 0 amide bonds. The Morgan fingerprint density at radius 2 is 2.00 bits per heavy atom. The van der Waals surface area contributed by atoms with E-state index in [1.165, 1.54) is 0 Å². The molecular weight excluding hydrogens is 210 g/mol. The van der Waals surface area contributed by atoms with Gasteiger partial charge in [0, 0.05) is 19.6 Å². The van der Waals surface area contributed by atoms with Gasteiger partial charge < -0.3 is 10.2 Å². The van der Waals surface area contributed by atoms with E-state index in [4.69, 9.17) is 11.6 Å². The van der Waals surface area contributed by atoms with Crippen LogP contribution in [0, 0.1) is 0 Å². The first-order valence-corrected chi connectivity index (χ1v) is 5.65. The summed E-state index contributed by atoms with van der Waals surface area (Å²) in [5.74, 6) is 0.995. The molecule has 0 aliphatic carbocycles. The third-order valence-electron chi connectivity index (χ3n) is 2.34. The number of pyridine rings is 1. The first-order chi connectivity index (χ1) is 7.22. The van der Waals surface area contributed by atoms with Crippen molar-refractivity contribution >= 4 is 17.4 Å². The van der Waals surface area contributed by atoms with E-state index < -0.39 is 0 Å². The summed E-state index contributed by atoms with van der Waals surface area (Å²) in [4.78, 5) is 6.74. The van der Waals surface area contributed by atoms with Crippen molar-refractivity contribution in [2.75, 3.05) is 25.0 Å². The number of hydrogen-bond acceptors (Lipinski definition) is 3. The summed E-state index contributed by atoms with van der Waals surface area (Å²) < 4.78 is 0. The minimum atomic E-state index is 0.702. The molecule has 1 rings (SSSR count). The maximum Gasteiger partial charge on any atom is 0.128 e. The summed E-state index contributed by atoms with van der Waals surface area (Å²) in [7, 11) is 1.89. The lowest BCUT2D eigenvalue weighted by Crippen LogP contribution is -2.23. The molecule has 1 aromatic heterocycles. The van der Waals surface area contributed by atoms with Gasteiger partial charge in [-0.05, 0) is 33.0 Å². The maximum absolute atomic E-state index is 6.05. The molecule has 84 valence electrons. The summed E-state index contributed by atoms with van der Waals surface area (Å²) in [5, 5.41) is 3.78. The highest BCUT2D eigenvalue weighted by Gasteiger charge is 2.07. The van der Waals surface area contributed by atoms with Gasteiger partial charge in [0.15, 0.2) is 0 Å². The van der Waals surface area contributed by atoms with Gasteiger partial charge >= 0.3 is 0 Å². The van der Waals surface area contributed by atoms with Crippen molar-refractivity contribution in [3.8, 4) is 0 Å². The van der Waals surface area contributed by atoms with Crippen LogP contribution in [0.5, 0.6) is 0 Å². The van der Waals surface area contributed by atoms with E-state index in [0.29, 0.717) is 6.54 Å². The largest absolute Gasteiger partial charge is 0.357 e. The van der Waals surface area contributed by atoms with Crippen molar-refractivity contribution in [3.63, 3.8) is 0 Å². The molecule has 1 N–H and O–H groups in total. The number of hydrogen-bond donors (Lipinski definition) is 1. The van der Waals surface area contributed by atoms with Gasteiger partial charge in [-0.2, -0.15) is 0 Å².